The summed E-state index contributed by atoms with van der Waals surface area (Å²) in [6.07, 6.45) is 4.19. The SMILES string of the molecule is O=C(NCCN1N=C(c2ccccc2)CCC1=O)c1cccc(-n2cnnc2)c1. The summed E-state index contributed by atoms with van der Waals surface area (Å²) in [5.41, 5.74) is 3.22. The molecule has 29 heavy (non-hydrogen) atoms. The van der Waals surface area contributed by atoms with Gasteiger partial charge in [0.05, 0.1) is 12.3 Å². The highest BCUT2D eigenvalue weighted by molar-refractivity contribution is 6.04. The molecule has 0 spiro atoms. The number of benzene rings is 2. The Hall–Kier alpha value is -3.81. The second-order valence-corrected chi connectivity index (χ2v) is 6.60. The Kier molecular flexibility index (Phi) is 5.42. The monoisotopic (exact) mass is 388 g/mol. The summed E-state index contributed by atoms with van der Waals surface area (Å²) < 4.78 is 1.73. The smallest absolute Gasteiger partial charge is 0.251 e. The standard InChI is InChI=1S/C21H20N6O2/c28-20-10-9-19(16-5-2-1-3-6-16)25-27(20)12-11-22-21(29)17-7-4-8-18(13-17)26-14-23-24-15-26/h1-8,13-15H,9-12H2,(H,22,29). The van der Waals surface area contributed by atoms with E-state index in [1.807, 2.05) is 36.4 Å². The molecule has 0 bridgehead atoms. The summed E-state index contributed by atoms with van der Waals surface area (Å²) in [6, 6.07) is 17.0. The minimum atomic E-state index is -0.211. The van der Waals surface area contributed by atoms with Crippen LogP contribution < -0.4 is 5.32 Å². The first kappa shape index (κ1) is 18.5. The van der Waals surface area contributed by atoms with Crippen LogP contribution in [0.1, 0.15) is 28.8 Å². The van der Waals surface area contributed by atoms with Crippen molar-refractivity contribution in [2.75, 3.05) is 13.1 Å². The molecule has 2 heterocycles. The van der Waals surface area contributed by atoms with E-state index in [1.54, 1.807) is 35.4 Å². The number of aromatic nitrogens is 3. The fourth-order valence-corrected chi connectivity index (χ4v) is 3.13. The predicted octanol–water partition coefficient (Wildman–Crippen LogP) is 2.02. The maximum Gasteiger partial charge on any atom is 0.251 e. The van der Waals surface area contributed by atoms with Gasteiger partial charge in [0.2, 0.25) is 5.91 Å². The fourth-order valence-electron chi connectivity index (χ4n) is 3.13. The first-order valence-electron chi connectivity index (χ1n) is 9.37. The Bertz CT molecular complexity index is 1030. The van der Waals surface area contributed by atoms with Crippen molar-refractivity contribution >= 4 is 17.5 Å². The maximum atomic E-state index is 12.5. The molecule has 0 saturated heterocycles. The molecule has 1 N–H and O–H groups in total. The molecule has 3 aromatic rings. The van der Waals surface area contributed by atoms with Crippen molar-refractivity contribution in [1.29, 1.82) is 0 Å². The number of rotatable bonds is 6. The number of nitrogens with one attached hydrogen (secondary N) is 1. The van der Waals surface area contributed by atoms with Crippen molar-refractivity contribution < 1.29 is 9.59 Å². The molecule has 146 valence electrons. The molecule has 0 fully saturated rings. The van der Waals surface area contributed by atoms with E-state index in [9.17, 15) is 9.59 Å². The zero-order chi connectivity index (χ0) is 20.1. The molecule has 0 unspecified atom stereocenters. The van der Waals surface area contributed by atoms with Crippen molar-refractivity contribution in [3.63, 3.8) is 0 Å². The number of hydrogen-bond donors (Lipinski definition) is 1. The van der Waals surface area contributed by atoms with Crippen molar-refractivity contribution in [2.24, 2.45) is 5.10 Å². The van der Waals surface area contributed by atoms with E-state index in [2.05, 4.69) is 20.6 Å². The number of hydrogen-bond acceptors (Lipinski definition) is 5. The molecular weight excluding hydrogens is 368 g/mol. The molecule has 4 rings (SSSR count). The third-order valence-electron chi connectivity index (χ3n) is 4.65. The van der Waals surface area contributed by atoms with E-state index in [0.29, 0.717) is 31.5 Å². The van der Waals surface area contributed by atoms with Crippen LogP contribution in [0.3, 0.4) is 0 Å². The van der Waals surface area contributed by atoms with E-state index >= 15 is 0 Å². The maximum absolute atomic E-state index is 12.5. The Balaban J connectivity index is 1.37. The molecule has 1 aliphatic heterocycles. The van der Waals surface area contributed by atoms with Crippen LogP contribution in [-0.4, -0.2) is 50.4 Å². The van der Waals surface area contributed by atoms with Crippen LogP contribution in [0.2, 0.25) is 0 Å². The van der Waals surface area contributed by atoms with Gasteiger partial charge in [-0.3, -0.25) is 14.2 Å². The molecule has 2 amide bonds. The number of carbonyl (C=O) groups excluding carboxylic acids is 2. The van der Waals surface area contributed by atoms with Gasteiger partial charge >= 0.3 is 0 Å². The lowest BCUT2D eigenvalue weighted by Gasteiger charge is -2.23. The summed E-state index contributed by atoms with van der Waals surface area (Å²) in [6.45, 7) is 0.638. The van der Waals surface area contributed by atoms with Crippen LogP contribution in [0.4, 0.5) is 0 Å². The molecule has 0 aliphatic carbocycles. The van der Waals surface area contributed by atoms with Gasteiger partial charge in [0.15, 0.2) is 0 Å². The van der Waals surface area contributed by atoms with Crippen LogP contribution in [0.15, 0.2) is 72.4 Å². The van der Waals surface area contributed by atoms with Crippen molar-refractivity contribution in [3.8, 4) is 5.69 Å². The molecule has 0 radical (unpaired) electrons. The zero-order valence-corrected chi connectivity index (χ0v) is 15.7. The second kappa shape index (κ2) is 8.47. The average Bonchev–Trinajstić information content (AvgIpc) is 3.31. The first-order valence-corrected chi connectivity index (χ1v) is 9.37. The van der Waals surface area contributed by atoms with E-state index in [1.165, 1.54) is 5.01 Å². The number of amides is 2. The average molecular weight is 388 g/mol. The summed E-state index contributed by atoms with van der Waals surface area (Å²) in [5.74, 6) is -0.245. The van der Waals surface area contributed by atoms with Crippen molar-refractivity contribution in [2.45, 2.75) is 12.8 Å². The largest absolute Gasteiger partial charge is 0.350 e. The van der Waals surface area contributed by atoms with Crippen molar-refractivity contribution in [3.05, 3.63) is 78.4 Å². The van der Waals surface area contributed by atoms with Gasteiger partial charge in [-0.25, -0.2) is 5.01 Å². The Morgan fingerprint density at radius 3 is 2.59 bits per heavy atom. The summed E-state index contributed by atoms with van der Waals surface area (Å²) in [4.78, 5) is 24.7. The number of nitrogens with zero attached hydrogens (tertiary/aromatic N) is 5. The van der Waals surface area contributed by atoms with Crippen LogP contribution >= 0.6 is 0 Å². The fraction of sp³-hybridized carbons (Fsp3) is 0.190. The molecule has 0 atom stereocenters. The third-order valence-corrected chi connectivity index (χ3v) is 4.65. The van der Waals surface area contributed by atoms with Crippen LogP contribution in [-0.2, 0) is 4.79 Å². The zero-order valence-electron chi connectivity index (χ0n) is 15.7. The minimum Gasteiger partial charge on any atom is -0.350 e. The topological polar surface area (TPSA) is 92.5 Å². The Labute approximate surface area is 167 Å². The number of hydrazone groups is 1. The van der Waals surface area contributed by atoms with E-state index in [0.717, 1.165) is 17.0 Å². The van der Waals surface area contributed by atoms with Crippen molar-refractivity contribution in [1.82, 2.24) is 25.1 Å². The first-order chi connectivity index (χ1) is 14.2. The van der Waals surface area contributed by atoms with Gasteiger partial charge in [-0.2, -0.15) is 5.10 Å². The van der Waals surface area contributed by atoms with Gasteiger partial charge in [-0.1, -0.05) is 36.4 Å². The van der Waals surface area contributed by atoms with Crippen LogP contribution in [0.25, 0.3) is 5.69 Å². The van der Waals surface area contributed by atoms with Gasteiger partial charge in [-0.15, -0.1) is 10.2 Å². The van der Waals surface area contributed by atoms with Gasteiger partial charge in [0, 0.05) is 30.6 Å². The highest BCUT2D eigenvalue weighted by Gasteiger charge is 2.21. The second-order valence-electron chi connectivity index (χ2n) is 6.60. The van der Waals surface area contributed by atoms with Gasteiger partial charge < -0.3 is 5.32 Å². The summed E-state index contributed by atoms with van der Waals surface area (Å²) in [7, 11) is 0. The van der Waals surface area contributed by atoms with Gasteiger partial charge in [0.1, 0.15) is 12.7 Å². The van der Waals surface area contributed by atoms with Crippen LogP contribution in [0.5, 0.6) is 0 Å². The highest BCUT2D eigenvalue weighted by Crippen LogP contribution is 2.15. The van der Waals surface area contributed by atoms with E-state index in [-0.39, 0.29) is 11.8 Å². The van der Waals surface area contributed by atoms with Gasteiger partial charge in [0.25, 0.3) is 5.91 Å². The third kappa shape index (κ3) is 4.37. The quantitative estimate of drug-likeness (QED) is 0.699. The molecule has 0 saturated carbocycles. The molecule has 2 aromatic carbocycles. The lowest BCUT2D eigenvalue weighted by atomic mass is 10.0. The normalized spacial score (nSPS) is 13.9. The number of carbonyl (C=O) groups is 2. The minimum absolute atomic E-state index is 0.0338. The van der Waals surface area contributed by atoms with Crippen LogP contribution in [0, 0.1) is 0 Å². The molecular formula is C21H20N6O2. The molecule has 1 aliphatic rings. The van der Waals surface area contributed by atoms with E-state index < -0.39 is 0 Å². The Morgan fingerprint density at radius 1 is 1.00 bits per heavy atom. The lowest BCUT2D eigenvalue weighted by molar-refractivity contribution is -0.131. The molecule has 8 heteroatoms. The van der Waals surface area contributed by atoms with Gasteiger partial charge in [-0.05, 0) is 23.8 Å². The summed E-state index contributed by atoms with van der Waals surface area (Å²) in [5, 5.41) is 16.3. The molecule has 1 aromatic heterocycles. The highest BCUT2D eigenvalue weighted by atomic mass is 16.2. The van der Waals surface area contributed by atoms with E-state index in [4.69, 9.17) is 0 Å². The Morgan fingerprint density at radius 2 is 1.79 bits per heavy atom. The predicted molar refractivity (Wildman–Crippen MR) is 108 cm³/mol. The lowest BCUT2D eigenvalue weighted by Crippen LogP contribution is -2.38. The molecule has 8 nitrogen and oxygen atoms in total. The summed E-state index contributed by atoms with van der Waals surface area (Å²) >= 11 is 0.